The van der Waals surface area contributed by atoms with Gasteiger partial charge >= 0.3 is 5.69 Å². The molecule has 1 fully saturated rings. The van der Waals surface area contributed by atoms with E-state index in [2.05, 4.69) is 0 Å². The fraction of sp³-hybridized carbons (Fsp3) is 0.500. The molecule has 0 radical (unpaired) electrons. The van der Waals surface area contributed by atoms with E-state index < -0.39 is 4.92 Å². The third-order valence-corrected chi connectivity index (χ3v) is 3.58. The molecule has 1 saturated carbocycles. The third-order valence-electron chi connectivity index (χ3n) is 3.58. The van der Waals surface area contributed by atoms with Crippen LogP contribution in [0, 0.1) is 23.0 Å². The minimum Gasteiger partial charge on any atom is -0.502 e. The Morgan fingerprint density at radius 3 is 2.65 bits per heavy atom. The molecule has 0 unspecified atom stereocenters. The third kappa shape index (κ3) is 1.98. The predicted molar refractivity (Wildman–Crippen MR) is 63.8 cm³/mol. The number of hydrogen-bond donors (Lipinski definition) is 2. The minimum atomic E-state index is -0.554. The Morgan fingerprint density at radius 1 is 1.53 bits per heavy atom. The second-order valence-electron chi connectivity index (χ2n) is 4.64. The molecular formula is C12H16N2O3. The second kappa shape index (κ2) is 4.33. The number of hydrogen-bond acceptors (Lipinski definition) is 4. The number of aryl methyl sites for hydroxylation is 1. The molecule has 0 spiro atoms. The minimum absolute atomic E-state index is 0.225. The summed E-state index contributed by atoms with van der Waals surface area (Å²) >= 11 is 0. The van der Waals surface area contributed by atoms with E-state index in [1.807, 2.05) is 0 Å². The van der Waals surface area contributed by atoms with Crippen LogP contribution in [0.2, 0.25) is 0 Å². The highest BCUT2D eigenvalue weighted by Gasteiger charge is 2.30. The molecule has 1 aromatic carbocycles. The Bertz CT molecular complexity index is 455. The lowest BCUT2D eigenvalue weighted by molar-refractivity contribution is -0.386. The summed E-state index contributed by atoms with van der Waals surface area (Å²) in [5, 5.41) is 20.8. The maximum atomic E-state index is 10.9. The maximum absolute atomic E-state index is 10.9. The zero-order chi connectivity index (χ0) is 12.6. The molecule has 0 bridgehead atoms. The van der Waals surface area contributed by atoms with Gasteiger partial charge in [0.1, 0.15) is 0 Å². The van der Waals surface area contributed by atoms with Gasteiger partial charge in [-0.3, -0.25) is 10.1 Å². The van der Waals surface area contributed by atoms with Crippen molar-refractivity contribution < 1.29 is 10.0 Å². The zero-order valence-electron chi connectivity index (χ0n) is 9.72. The summed E-state index contributed by atoms with van der Waals surface area (Å²) in [6.07, 6.45) is 3.21. The lowest BCUT2D eigenvalue weighted by Gasteiger charge is -2.31. The van der Waals surface area contributed by atoms with Gasteiger partial charge in [0.2, 0.25) is 0 Å². The fourth-order valence-electron chi connectivity index (χ4n) is 2.25. The zero-order valence-corrected chi connectivity index (χ0v) is 9.72. The second-order valence-corrected chi connectivity index (χ2v) is 4.64. The monoisotopic (exact) mass is 236 g/mol. The smallest absolute Gasteiger partial charge is 0.313 e. The van der Waals surface area contributed by atoms with Crippen molar-refractivity contribution in [2.45, 2.75) is 32.2 Å². The van der Waals surface area contributed by atoms with Crippen molar-refractivity contribution >= 4 is 5.69 Å². The van der Waals surface area contributed by atoms with Crippen molar-refractivity contribution in [3.63, 3.8) is 0 Å². The molecule has 1 aliphatic rings. The van der Waals surface area contributed by atoms with Crippen LogP contribution < -0.4 is 5.73 Å². The van der Waals surface area contributed by atoms with Gasteiger partial charge in [0.25, 0.3) is 0 Å². The summed E-state index contributed by atoms with van der Waals surface area (Å²) in [5.41, 5.74) is 6.76. The summed E-state index contributed by atoms with van der Waals surface area (Å²) in [6, 6.07) is 3.04. The number of phenolic OH excluding ortho intramolecular Hbond substituents is 1. The van der Waals surface area contributed by atoms with Crippen molar-refractivity contribution in [2.24, 2.45) is 11.7 Å². The van der Waals surface area contributed by atoms with Crippen LogP contribution in [0.3, 0.4) is 0 Å². The van der Waals surface area contributed by atoms with Crippen molar-refractivity contribution in [3.05, 3.63) is 33.4 Å². The fourth-order valence-corrected chi connectivity index (χ4v) is 2.25. The van der Waals surface area contributed by atoms with Crippen LogP contribution in [-0.2, 0) is 0 Å². The van der Waals surface area contributed by atoms with E-state index in [-0.39, 0.29) is 17.5 Å². The van der Waals surface area contributed by atoms with E-state index in [0.29, 0.717) is 17.0 Å². The average molecular weight is 236 g/mol. The Kier molecular flexibility index (Phi) is 3.02. The standard InChI is InChI=1S/C12H16N2O3/c1-7-5-6-9(10(13)8-3-2-4-8)12(15)11(7)14(16)17/h5-6,8,10,15H,2-4,13H2,1H3/t10-/m0/s1. The van der Waals surface area contributed by atoms with Crippen LogP contribution in [0.25, 0.3) is 0 Å². The van der Waals surface area contributed by atoms with Crippen molar-refractivity contribution in [1.29, 1.82) is 0 Å². The summed E-state index contributed by atoms with van der Waals surface area (Å²) in [4.78, 5) is 10.3. The molecule has 0 aromatic heterocycles. The molecule has 1 atom stereocenters. The number of nitrogens with zero attached hydrogens (tertiary/aromatic N) is 1. The highest BCUT2D eigenvalue weighted by molar-refractivity contribution is 5.56. The first kappa shape index (κ1) is 11.9. The molecule has 0 heterocycles. The number of phenols is 1. The van der Waals surface area contributed by atoms with E-state index in [4.69, 9.17) is 5.73 Å². The van der Waals surface area contributed by atoms with E-state index in [1.54, 1.807) is 19.1 Å². The molecule has 17 heavy (non-hydrogen) atoms. The number of nitro groups is 1. The van der Waals surface area contributed by atoms with Crippen LogP contribution in [0.4, 0.5) is 5.69 Å². The van der Waals surface area contributed by atoms with Gasteiger partial charge in [0, 0.05) is 17.2 Å². The molecule has 1 aliphatic carbocycles. The average Bonchev–Trinajstić information content (AvgIpc) is 2.13. The molecule has 0 saturated heterocycles. The van der Waals surface area contributed by atoms with E-state index in [0.717, 1.165) is 19.3 Å². The van der Waals surface area contributed by atoms with Crippen LogP contribution in [-0.4, -0.2) is 10.0 Å². The summed E-state index contributed by atoms with van der Waals surface area (Å²) < 4.78 is 0. The maximum Gasteiger partial charge on any atom is 0.313 e. The summed E-state index contributed by atoms with van der Waals surface area (Å²) in [7, 11) is 0. The molecule has 3 N–H and O–H groups in total. The van der Waals surface area contributed by atoms with Crippen molar-refractivity contribution in [1.82, 2.24) is 0 Å². The first-order valence-electron chi connectivity index (χ1n) is 5.74. The van der Waals surface area contributed by atoms with Gasteiger partial charge in [0.15, 0.2) is 5.75 Å². The van der Waals surface area contributed by atoms with Crippen LogP contribution in [0.5, 0.6) is 5.75 Å². The number of aromatic hydroxyl groups is 1. The molecular weight excluding hydrogens is 220 g/mol. The first-order chi connectivity index (χ1) is 8.02. The first-order valence-corrected chi connectivity index (χ1v) is 5.74. The Balaban J connectivity index is 2.41. The van der Waals surface area contributed by atoms with Crippen molar-refractivity contribution in [3.8, 4) is 5.75 Å². The molecule has 1 aromatic rings. The number of benzene rings is 1. The molecule has 0 aliphatic heterocycles. The van der Waals surface area contributed by atoms with Crippen LogP contribution in [0.1, 0.15) is 36.4 Å². The van der Waals surface area contributed by atoms with Gasteiger partial charge in [-0.15, -0.1) is 0 Å². The quantitative estimate of drug-likeness (QED) is 0.623. The Hall–Kier alpha value is -1.62. The molecule has 2 rings (SSSR count). The molecule has 0 amide bonds. The van der Waals surface area contributed by atoms with Crippen LogP contribution in [0.15, 0.2) is 12.1 Å². The van der Waals surface area contributed by atoms with Crippen molar-refractivity contribution in [2.75, 3.05) is 0 Å². The van der Waals surface area contributed by atoms with Gasteiger partial charge < -0.3 is 10.8 Å². The van der Waals surface area contributed by atoms with Gasteiger partial charge in [-0.2, -0.15) is 0 Å². The topological polar surface area (TPSA) is 89.4 Å². The highest BCUT2D eigenvalue weighted by atomic mass is 16.6. The molecule has 5 heteroatoms. The lowest BCUT2D eigenvalue weighted by Crippen LogP contribution is -2.27. The van der Waals surface area contributed by atoms with Crippen LogP contribution >= 0.6 is 0 Å². The van der Waals surface area contributed by atoms with E-state index in [9.17, 15) is 15.2 Å². The summed E-state index contributed by atoms with van der Waals surface area (Å²) in [6.45, 7) is 1.61. The number of nitrogens with two attached hydrogens (primary N) is 1. The lowest BCUT2D eigenvalue weighted by atomic mass is 9.77. The van der Waals surface area contributed by atoms with Gasteiger partial charge in [-0.25, -0.2) is 0 Å². The Morgan fingerprint density at radius 2 is 2.18 bits per heavy atom. The van der Waals surface area contributed by atoms with E-state index in [1.165, 1.54) is 0 Å². The van der Waals surface area contributed by atoms with Gasteiger partial charge in [-0.05, 0) is 25.7 Å². The number of rotatable bonds is 3. The number of nitro benzene ring substituents is 1. The van der Waals surface area contributed by atoms with Gasteiger partial charge in [-0.1, -0.05) is 18.6 Å². The largest absolute Gasteiger partial charge is 0.502 e. The van der Waals surface area contributed by atoms with E-state index >= 15 is 0 Å². The highest BCUT2D eigenvalue weighted by Crippen LogP contribution is 2.42. The molecule has 5 nitrogen and oxygen atoms in total. The molecule has 92 valence electrons. The normalized spacial score (nSPS) is 17.5. The SMILES string of the molecule is Cc1ccc([C@@H](N)C2CCC2)c(O)c1[N+](=O)[O-]. The van der Waals surface area contributed by atoms with Gasteiger partial charge in [0.05, 0.1) is 4.92 Å². The Labute approximate surface area is 99.4 Å². The summed E-state index contributed by atoms with van der Waals surface area (Å²) in [5.74, 6) is 0.0672. The predicted octanol–water partition coefficient (Wildman–Crippen LogP) is 2.41.